The molecule has 1 unspecified atom stereocenters. The number of benzene rings is 1. The van der Waals surface area contributed by atoms with E-state index in [0.717, 1.165) is 31.8 Å². The molecule has 0 bridgehead atoms. The number of rotatable bonds is 3. The van der Waals surface area contributed by atoms with Gasteiger partial charge in [-0.1, -0.05) is 18.2 Å². The molecule has 1 aromatic carbocycles. The van der Waals surface area contributed by atoms with Gasteiger partial charge in [-0.25, -0.2) is 4.39 Å². The molecule has 2 aliphatic rings. The van der Waals surface area contributed by atoms with Gasteiger partial charge in [0.2, 0.25) is 5.91 Å². The van der Waals surface area contributed by atoms with Gasteiger partial charge < -0.3 is 9.47 Å². The minimum absolute atomic E-state index is 0.0576. The molecule has 1 atom stereocenters. The van der Waals surface area contributed by atoms with E-state index in [-0.39, 0.29) is 11.7 Å². The van der Waals surface area contributed by atoms with E-state index in [0.29, 0.717) is 31.0 Å². The Labute approximate surface area is 146 Å². The molecule has 1 aromatic heterocycles. The van der Waals surface area contributed by atoms with Crippen LogP contribution in [0.4, 0.5) is 4.39 Å². The second-order valence-corrected chi connectivity index (χ2v) is 6.75. The van der Waals surface area contributed by atoms with Crippen LogP contribution in [-0.2, 0) is 17.9 Å². The number of halogens is 1. The molecule has 1 fully saturated rings. The first-order valence-corrected chi connectivity index (χ1v) is 8.81. The summed E-state index contributed by atoms with van der Waals surface area (Å²) < 4.78 is 16.1. The molecule has 0 N–H and O–H groups in total. The molecule has 7 heteroatoms. The normalized spacial score (nSPS) is 20.7. The second kappa shape index (κ2) is 6.55. The molecular formula is C18H22FN5O. The summed E-state index contributed by atoms with van der Waals surface area (Å²) in [6.45, 7) is 5.26. The monoisotopic (exact) mass is 343 g/mol. The van der Waals surface area contributed by atoms with Crippen molar-refractivity contribution in [1.29, 1.82) is 0 Å². The molecule has 2 aliphatic heterocycles. The number of likely N-dealkylation sites (tertiary alicyclic amines) is 1. The topological polar surface area (TPSA) is 54.3 Å². The van der Waals surface area contributed by atoms with Crippen LogP contribution in [0.1, 0.15) is 36.1 Å². The van der Waals surface area contributed by atoms with Crippen molar-refractivity contribution in [3.8, 4) is 0 Å². The molecule has 0 spiro atoms. The third kappa shape index (κ3) is 2.93. The summed E-state index contributed by atoms with van der Waals surface area (Å²) in [6, 6.07) is 6.25. The van der Waals surface area contributed by atoms with Gasteiger partial charge in [-0.05, 0) is 25.8 Å². The van der Waals surface area contributed by atoms with Gasteiger partial charge in [0.05, 0.1) is 0 Å². The lowest BCUT2D eigenvalue weighted by atomic mass is 10.1. The zero-order valence-corrected chi connectivity index (χ0v) is 14.4. The second-order valence-electron chi connectivity index (χ2n) is 6.75. The first-order valence-electron chi connectivity index (χ1n) is 8.81. The largest absolute Gasteiger partial charge is 0.341 e. The van der Waals surface area contributed by atoms with Crippen molar-refractivity contribution in [2.24, 2.45) is 0 Å². The van der Waals surface area contributed by atoms with Gasteiger partial charge in [0, 0.05) is 38.3 Å². The standard InChI is InChI=1S/C18H22FN5O/c1-13-20-21-17-16(18(25)22-8-4-5-9-22)23(10-11-24(13)17)12-14-6-2-3-7-15(14)19/h2-3,6-7,16H,4-5,8-12H2,1H3. The Hall–Kier alpha value is -2.28. The third-order valence-electron chi connectivity index (χ3n) is 5.17. The first kappa shape index (κ1) is 16.2. The van der Waals surface area contributed by atoms with Gasteiger partial charge in [-0.15, -0.1) is 10.2 Å². The highest BCUT2D eigenvalue weighted by Crippen LogP contribution is 2.30. The zero-order valence-electron chi connectivity index (χ0n) is 14.4. The third-order valence-corrected chi connectivity index (χ3v) is 5.17. The number of amides is 1. The summed E-state index contributed by atoms with van der Waals surface area (Å²) in [5.74, 6) is 1.32. The molecule has 4 rings (SSSR count). The van der Waals surface area contributed by atoms with Crippen LogP contribution < -0.4 is 0 Å². The fraction of sp³-hybridized carbons (Fsp3) is 0.500. The molecular weight excluding hydrogens is 321 g/mol. The molecule has 1 saturated heterocycles. The van der Waals surface area contributed by atoms with E-state index in [2.05, 4.69) is 10.2 Å². The van der Waals surface area contributed by atoms with E-state index in [1.165, 1.54) is 6.07 Å². The van der Waals surface area contributed by atoms with E-state index < -0.39 is 6.04 Å². The smallest absolute Gasteiger partial charge is 0.247 e. The highest BCUT2D eigenvalue weighted by atomic mass is 19.1. The number of hydrogen-bond acceptors (Lipinski definition) is 4. The summed E-state index contributed by atoms with van der Waals surface area (Å²) in [5, 5.41) is 8.43. The maximum absolute atomic E-state index is 14.1. The molecule has 132 valence electrons. The van der Waals surface area contributed by atoms with Crippen LogP contribution in [0.5, 0.6) is 0 Å². The Morgan fingerprint density at radius 2 is 1.92 bits per heavy atom. The Bertz CT molecular complexity index is 784. The summed E-state index contributed by atoms with van der Waals surface area (Å²) in [5.41, 5.74) is 0.603. The Balaban J connectivity index is 1.67. The minimum Gasteiger partial charge on any atom is -0.341 e. The number of nitrogens with zero attached hydrogens (tertiary/aromatic N) is 5. The summed E-state index contributed by atoms with van der Waals surface area (Å²) in [4.78, 5) is 17.1. The van der Waals surface area contributed by atoms with E-state index >= 15 is 0 Å². The molecule has 0 radical (unpaired) electrons. The minimum atomic E-state index is -0.493. The molecule has 6 nitrogen and oxygen atoms in total. The maximum atomic E-state index is 14.1. The Morgan fingerprint density at radius 3 is 2.68 bits per heavy atom. The maximum Gasteiger partial charge on any atom is 0.247 e. The molecule has 3 heterocycles. The number of hydrogen-bond donors (Lipinski definition) is 0. The average molecular weight is 343 g/mol. The first-order chi connectivity index (χ1) is 12.1. The predicted octanol–water partition coefficient (Wildman–Crippen LogP) is 1.90. The van der Waals surface area contributed by atoms with Gasteiger partial charge in [0.1, 0.15) is 11.6 Å². The van der Waals surface area contributed by atoms with Crippen LogP contribution in [0, 0.1) is 12.7 Å². The number of aromatic nitrogens is 3. The van der Waals surface area contributed by atoms with Crippen molar-refractivity contribution in [2.45, 2.75) is 38.9 Å². The highest BCUT2D eigenvalue weighted by Gasteiger charge is 2.39. The predicted molar refractivity (Wildman–Crippen MR) is 90.1 cm³/mol. The summed E-state index contributed by atoms with van der Waals surface area (Å²) >= 11 is 0. The van der Waals surface area contributed by atoms with Crippen LogP contribution in [0.2, 0.25) is 0 Å². The summed E-state index contributed by atoms with van der Waals surface area (Å²) in [6.07, 6.45) is 2.08. The number of carbonyl (C=O) groups is 1. The lowest BCUT2D eigenvalue weighted by molar-refractivity contribution is -0.137. The number of carbonyl (C=O) groups excluding carboxylic acids is 1. The lowest BCUT2D eigenvalue weighted by Gasteiger charge is -2.36. The molecule has 0 aliphatic carbocycles. The fourth-order valence-corrected chi connectivity index (χ4v) is 3.79. The number of aryl methyl sites for hydroxylation is 1. The van der Waals surface area contributed by atoms with Crippen molar-refractivity contribution in [3.63, 3.8) is 0 Å². The molecule has 1 amide bonds. The van der Waals surface area contributed by atoms with Crippen LogP contribution in [0.15, 0.2) is 24.3 Å². The van der Waals surface area contributed by atoms with Crippen LogP contribution in [0.3, 0.4) is 0 Å². The van der Waals surface area contributed by atoms with E-state index in [4.69, 9.17) is 0 Å². The highest BCUT2D eigenvalue weighted by molar-refractivity contribution is 5.83. The van der Waals surface area contributed by atoms with Crippen LogP contribution in [-0.4, -0.2) is 50.1 Å². The van der Waals surface area contributed by atoms with Gasteiger partial charge in [0.15, 0.2) is 11.9 Å². The Morgan fingerprint density at radius 1 is 1.16 bits per heavy atom. The molecule has 25 heavy (non-hydrogen) atoms. The van der Waals surface area contributed by atoms with Gasteiger partial charge in [0.25, 0.3) is 0 Å². The van der Waals surface area contributed by atoms with Crippen molar-refractivity contribution < 1.29 is 9.18 Å². The zero-order chi connectivity index (χ0) is 17.4. The van der Waals surface area contributed by atoms with Crippen LogP contribution in [0.25, 0.3) is 0 Å². The average Bonchev–Trinajstić information content (AvgIpc) is 3.27. The van der Waals surface area contributed by atoms with Crippen molar-refractivity contribution in [1.82, 2.24) is 24.6 Å². The van der Waals surface area contributed by atoms with Gasteiger partial charge in [-0.3, -0.25) is 9.69 Å². The summed E-state index contributed by atoms with van der Waals surface area (Å²) in [7, 11) is 0. The van der Waals surface area contributed by atoms with Crippen molar-refractivity contribution in [2.75, 3.05) is 19.6 Å². The quantitative estimate of drug-likeness (QED) is 0.854. The molecule has 0 saturated carbocycles. The van der Waals surface area contributed by atoms with Gasteiger partial charge >= 0.3 is 0 Å². The van der Waals surface area contributed by atoms with E-state index in [1.807, 2.05) is 27.4 Å². The van der Waals surface area contributed by atoms with Gasteiger partial charge in [-0.2, -0.15) is 0 Å². The number of fused-ring (bicyclic) bond motifs is 1. The van der Waals surface area contributed by atoms with Crippen molar-refractivity contribution in [3.05, 3.63) is 47.3 Å². The molecule has 2 aromatic rings. The van der Waals surface area contributed by atoms with E-state index in [1.54, 1.807) is 12.1 Å². The van der Waals surface area contributed by atoms with Crippen molar-refractivity contribution >= 4 is 5.91 Å². The lowest BCUT2D eigenvalue weighted by Crippen LogP contribution is -2.47. The van der Waals surface area contributed by atoms with E-state index in [9.17, 15) is 9.18 Å². The fourth-order valence-electron chi connectivity index (χ4n) is 3.79. The Kier molecular flexibility index (Phi) is 4.25. The van der Waals surface area contributed by atoms with Crippen LogP contribution >= 0.6 is 0 Å². The SMILES string of the molecule is Cc1nnc2n1CCN(Cc1ccccc1F)C2C(=O)N1CCCC1.